The van der Waals surface area contributed by atoms with Crippen LogP contribution in [0.15, 0.2) is 48.5 Å². The second-order valence-electron chi connectivity index (χ2n) is 5.76. The van der Waals surface area contributed by atoms with Crippen molar-refractivity contribution in [3.63, 3.8) is 0 Å². The fraction of sp³-hybridized carbons (Fsp3) is 0.263. The second-order valence-corrected chi connectivity index (χ2v) is 5.76. The summed E-state index contributed by atoms with van der Waals surface area (Å²) in [6, 6.07) is 15.3. The van der Waals surface area contributed by atoms with E-state index in [1.165, 1.54) is 6.92 Å². The molecule has 0 aliphatic carbocycles. The fourth-order valence-corrected chi connectivity index (χ4v) is 2.47. The van der Waals surface area contributed by atoms with E-state index in [9.17, 15) is 9.59 Å². The van der Waals surface area contributed by atoms with E-state index in [2.05, 4.69) is 10.6 Å². The molecule has 2 N–H and O–H groups in total. The van der Waals surface area contributed by atoms with Gasteiger partial charge in [0.1, 0.15) is 0 Å². The highest BCUT2D eigenvalue weighted by atomic mass is 16.2. The van der Waals surface area contributed by atoms with Gasteiger partial charge in [0, 0.05) is 12.6 Å². The summed E-state index contributed by atoms with van der Waals surface area (Å²) >= 11 is 0. The lowest BCUT2D eigenvalue weighted by Crippen LogP contribution is -2.28. The van der Waals surface area contributed by atoms with Crippen LogP contribution in [-0.2, 0) is 16.0 Å². The largest absolute Gasteiger partial charge is 0.349 e. The van der Waals surface area contributed by atoms with E-state index in [0.717, 1.165) is 22.4 Å². The van der Waals surface area contributed by atoms with Crippen molar-refractivity contribution < 1.29 is 9.59 Å². The number of hydrogen-bond donors (Lipinski definition) is 2. The Morgan fingerprint density at radius 3 is 2.52 bits per heavy atom. The van der Waals surface area contributed by atoms with Gasteiger partial charge in [-0.15, -0.1) is 0 Å². The molecule has 0 spiro atoms. The molecule has 1 atom stereocenters. The standard InChI is InChI=1S/C19H22N2O2/c1-13-6-4-7-16(10-13)11-19(23)20-14(2)17-8-5-9-18(12-17)21-15(3)22/h4-10,12,14H,11H2,1-3H3,(H,20,23)(H,21,22)/t14-/m1/s1. The zero-order valence-corrected chi connectivity index (χ0v) is 13.7. The highest BCUT2D eigenvalue weighted by Gasteiger charge is 2.11. The minimum Gasteiger partial charge on any atom is -0.349 e. The van der Waals surface area contributed by atoms with Crippen LogP contribution in [0, 0.1) is 6.92 Å². The van der Waals surface area contributed by atoms with Crippen LogP contribution in [0.3, 0.4) is 0 Å². The number of carbonyl (C=O) groups is 2. The third-order valence-electron chi connectivity index (χ3n) is 3.53. The fourth-order valence-electron chi connectivity index (χ4n) is 2.47. The number of carbonyl (C=O) groups excluding carboxylic acids is 2. The van der Waals surface area contributed by atoms with Crippen LogP contribution >= 0.6 is 0 Å². The molecule has 0 unspecified atom stereocenters. The number of anilines is 1. The van der Waals surface area contributed by atoms with Gasteiger partial charge in [-0.3, -0.25) is 9.59 Å². The average Bonchev–Trinajstić information content (AvgIpc) is 2.46. The third-order valence-corrected chi connectivity index (χ3v) is 3.53. The van der Waals surface area contributed by atoms with Gasteiger partial charge in [0.25, 0.3) is 0 Å². The molecule has 2 aromatic rings. The number of hydrogen-bond acceptors (Lipinski definition) is 2. The van der Waals surface area contributed by atoms with E-state index in [0.29, 0.717) is 6.42 Å². The van der Waals surface area contributed by atoms with Crippen molar-refractivity contribution in [1.29, 1.82) is 0 Å². The maximum absolute atomic E-state index is 12.2. The number of nitrogens with one attached hydrogen (secondary N) is 2. The molecule has 0 radical (unpaired) electrons. The van der Waals surface area contributed by atoms with E-state index in [4.69, 9.17) is 0 Å². The van der Waals surface area contributed by atoms with Gasteiger partial charge < -0.3 is 10.6 Å². The highest BCUT2D eigenvalue weighted by Crippen LogP contribution is 2.17. The molecule has 4 heteroatoms. The van der Waals surface area contributed by atoms with E-state index in [1.54, 1.807) is 0 Å². The smallest absolute Gasteiger partial charge is 0.224 e. The first-order chi connectivity index (χ1) is 10.9. The van der Waals surface area contributed by atoms with Crippen molar-refractivity contribution in [3.8, 4) is 0 Å². The molecule has 2 rings (SSSR count). The second kappa shape index (κ2) is 7.58. The summed E-state index contributed by atoms with van der Waals surface area (Å²) in [6.07, 6.45) is 0.359. The summed E-state index contributed by atoms with van der Waals surface area (Å²) in [5.41, 5.74) is 3.83. The minimum atomic E-state index is -0.124. The van der Waals surface area contributed by atoms with Crippen LogP contribution in [0.4, 0.5) is 5.69 Å². The normalized spacial score (nSPS) is 11.6. The van der Waals surface area contributed by atoms with Gasteiger partial charge in [-0.1, -0.05) is 42.0 Å². The van der Waals surface area contributed by atoms with Crippen molar-refractivity contribution in [2.45, 2.75) is 33.2 Å². The molecule has 2 amide bonds. The number of benzene rings is 2. The zero-order chi connectivity index (χ0) is 16.8. The molecule has 4 nitrogen and oxygen atoms in total. The number of aryl methyl sites for hydroxylation is 1. The van der Waals surface area contributed by atoms with Crippen molar-refractivity contribution in [3.05, 3.63) is 65.2 Å². The molecular weight excluding hydrogens is 288 g/mol. The van der Waals surface area contributed by atoms with Crippen LogP contribution in [-0.4, -0.2) is 11.8 Å². The molecule has 0 saturated heterocycles. The van der Waals surface area contributed by atoms with Crippen molar-refractivity contribution >= 4 is 17.5 Å². The van der Waals surface area contributed by atoms with Gasteiger partial charge in [-0.05, 0) is 37.1 Å². The third kappa shape index (κ3) is 5.25. The van der Waals surface area contributed by atoms with E-state index < -0.39 is 0 Å². The van der Waals surface area contributed by atoms with Gasteiger partial charge in [-0.25, -0.2) is 0 Å². The molecule has 120 valence electrons. The summed E-state index contributed by atoms with van der Waals surface area (Å²) in [6.45, 7) is 5.41. The van der Waals surface area contributed by atoms with Gasteiger partial charge in [0.2, 0.25) is 11.8 Å². The molecule has 0 aliphatic heterocycles. The Hall–Kier alpha value is -2.62. The first kappa shape index (κ1) is 16.7. The molecule has 0 aliphatic rings. The SMILES string of the molecule is CC(=O)Nc1cccc([C@@H](C)NC(=O)Cc2cccc(C)c2)c1. The molecule has 0 aromatic heterocycles. The lowest BCUT2D eigenvalue weighted by atomic mass is 10.1. The summed E-state index contributed by atoms with van der Waals surface area (Å²) in [5, 5.41) is 5.74. The molecule has 23 heavy (non-hydrogen) atoms. The Morgan fingerprint density at radius 2 is 1.83 bits per heavy atom. The topological polar surface area (TPSA) is 58.2 Å². The molecule has 0 saturated carbocycles. The van der Waals surface area contributed by atoms with Crippen molar-refractivity contribution in [2.75, 3.05) is 5.32 Å². The predicted molar refractivity (Wildman–Crippen MR) is 92.2 cm³/mol. The Morgan fingerprint density at radius 1 is 1.09 bits per heavy atom. The summed E-state index contributed by atoms with van der Waals surface area (Å²) in [7, 11) is 0. The summed E-state index contributed by atoms with van der Waals surface area (Å²) in [4.78, 5) is 23.3. The average molecular weight is 310 g/mol. The predicted octanol–water partition coefficient (Wildman–Crippen LogP) is 3.37. The molecule has 0 heterocycles. The van der Waals surface area contributed by atoms with E-state index >= 15 is 0 Å². The van der Waals surface area contributed by atoms with Gasteiger partial charge >= 0.3 is 0 Å². The Kier molecular flexibility index (Phi) is 5.52. The van der Waals surface area contributed by atoms with E-state index in [-0.39, 0.29) is 17.9 Å². The summed E-state index contributed by atoms with van der Waals surface area (Å²) < 4.78 is 0. The molecule has 0 fully saturated rings. The minimum absolute atomic E-state index is 0.0203. The van der Waals surface area contributed by atoms with Crippen molar-refractivity contribution in [2.24, 2.45) is 0 Å². The van der Waals surface area contributed by atoms with Crippen molar-refractivity contribution in [1.82, 2.24) is 5.32 Å². The highest BCUT2D eigenvalue weighted by molar-refractivity contribution is 5.88. The molecule has 2 aromatic carbocycles. The van der Waals surface area contributed by atoms with Gasteiger partial charge in [-0.2, -0.15) is 0 Å². The van der Waals surface area contributed by atoms with Crippen LogP contribution in [0.1, 0.15) is 36.6 Å². The summed E-state index contributed by atoms with van der Waals surface area (Å²) in [5.74, 6) is -0.133. The maximum atomic E-state index is 12.2. The Bertz CT molecular complexity index is 710. The lowest BCUT2D eigenvalue weighted by Gasteiger charge is -2.15. The van der Waals surface area contributed by atoms with Crippen LogP contribution in [0.25, 0.3) is 0 Å². The first-order valence-corrected chi connectivity index (χ1v) is 7.66. The van der Waals surface area contributed by atoms with Crippen LogP contribution < -0.4 is 10.6 Å². The zero-order valence-electron chi connectivity index (χ0n) is 13.7. The quantitative estimate of drug-likeness (QED) is 0.889. The van der Waals surface area contributed by atoms with Crippen LogP contribution in [0.5, 0.6) is 0 Å². The number of rotatable bonds is 5. The Labute approximate surface area is 136 Å². The molecule has 0 bridgehead atoms. The first-order valence-electron chi connectivity index (χ1n) is 7.66. The van der Waals surface area contributed by atoms with E-state index in [1.807, 2.05) is 62.4 Å². The van der Waals surface area contributed by atoms with Gasteiger partial charge in [0.05, 0.1) is 12.5 Å². The van der Waals surface area contributed by atoms with Gasteiger partial charge in [0.15, 0.2) is 0 Å². The lowest BCUT2D eigenvalue weighted by molar-refractivity contribution is -0.121. The maximum Gasteiger partial charge on any atom is 0.224 e. The number of amides is 2. The monoisotopic (exact) mass is 310 g/mol. The molecular formula is C19H22N2O2. The van der Waals surface area contributed by atoms with Crippen LogP contribution in [0.2, 0.25) is 0 Å². The Balaban J connectivity index is 1.99.